The molecule has 0 radical (unpaired) electrons. The summed E-state index contributed by atoms with van der Waals surface area (Å²) >= 11 is 0. The van der Waals surface area contributed by atoms with E-state index in [1.165, 1.54) is 5.57 Å². The molecule has 2 fully saturated rings. The van der Waals surface area contributed by atoms with Gasteiger partial charge in [-0.25, -0.2) is 8.42 Å². The lowest BCUT2D eigenvalue weighted by molar-refractivity contribution is -0.122. The van der Waals surface area contributed by atoms with Gasteiger partial charge in [0, 0.05) is 25.9 Å². The van der Waals surface area contributed by atoms with Crippen molar-refractivity contribution in [1.82, 2.24) is 4.31 Å². The molecule has 0 aromatic heterocycles. The molecule has 1 aromatic rings. The fourth-order valence-corrected chi connectivity index (χ4v) is 6.56. The van der Waals surface area contributed by atoms with Crippen LogP contribution in [0.25, 0.3) is 0 Å². The Hall–Kier alpha value is -1.46. The number of ketones is 1. The summed E-state index contributed by atoms with van der Waals surface area (Å²) in [5.74, 6) is 0.821. The molecule has 1 aromatic carbocycles. The highest BCUT2D eigenvalue weighted by atomic mass is 32.2. The molecule has 1 aliphatic heterocycles. The Kier molecular flexibility index (Phi) is 4.35. The number of hydrogen-bond donors (Lipinski definition) is 0. The van der Waals surface area contributed by atoms with E-state index in [-0.39, 0.29) is 11.3 Å². The van der Waals surface area contributed by atoms with Gasteiger partial charge in [0.15, 0.2) is 0 Å². The summed E-state index contributed by atoms with van der Waals surface area (Å²) in [4.78, 5) is 12.9. The molecule has 4 rings (SSSR count). The smallest absolute Gasteiger partial charge is 0.243 e. The monoisotopic (exact) mass is 373 g/mol. The lowest BCUT2D eigenvalue weighted by atomic mass is 9.72. The molecule has 1 saturated heterocycles. The van der Waals surface area contributed by atoms with Gasteiger partial charge in [-0.05, 0) is 55.6 Å². The number of allylic oxidation sites excluding steroid dienone is 1. The van der Waals surface area contributed by atoms with E-state index in [2.05, 4.69) is 13.0 Å². The Balaban J connectivity index is 1.67. The Morgan fingerprint density at radius 2 is 1.92 bits per heavy atom. The van der Waals surface area contributed by atoms with Gasteiger partial charge in [-0.1, -0.05) is 36.3 Å². The predicted octanol–water partition coefficient (Wildman–Crippen LogP) is 3.71. The first kappa shape index (κ1) is 17.9. The molecule has 5 heteroatoms. The van der Waals surface area contributed by atoms with Crippen LogP contribution in [0, 0.1) is 24.2 Å². The van der Waals surface area contributed by atoms with Gasteiger partial charge in [0.1, 0.15) is 5.78 Å². The number of benzene rings is 1. The van der Waals surface area contributed by atoms with E-state index in [4.69, 9.17) is 0 Å². The molecule has 1 heterocycles. The third kappa shape index (κ3) is 3.05. The average molecular weight is 374 g/mol. The number of fused-ring (bicyclic) bond motifs is 2. The Morgan fingerprint density at radius 3 is 2.65 bits per heavy atom. The predicted molar refractivity (Wildman–Crippen MR) is 101 cm³/mol. The van der Waals surface area contributed by atoms with Crippen LogP contribution in [0.15, 0.2) is 40.8 Å². The van der Waals surface area contributed by atoms with E-state index in [9.17, 15) is 13.2 Å². The summed E-state index contributed by atoms with van der Waals surface area (Å²) in [6.45, 7) is 4.95. The van der Waals surface area contributed by atoms with Crippen LogP contribution in [0.2, 0.25) is 0 Å². The van der Waals surface area contributed by atoms with Crippen LogP contribution in [-0.2, 0) is 14.8 Å². The van der Waals surface area contributed by atoms with Crippen molar-refractivity contribution in [3.63, 3.8) is 0 Å². The highest BCUT2D eigenvalue weighted by molar-refractivity contribution is 7.89. The van der Waals surface area contributed by atoms with E-state index in [1.807, 2.05) is 19.1 Å². The molecule has 1 saturated carbocycles. The van der Waals surface area contributed by atoms with Gasteiger partial charge >= 0.3 is 0 Å². The summed E-state index contributed by atoms with van der Waals surface area (Å²) in [5, 5.41) is 0. The zero-order valence-corrected chi connectivity index (χ0v) is 16.4. The maximum absolute atomic E-state index is 13.1. The number of Topliss-reactive ketones (excluding diaryl/α,β-unsaturated/α-hetero) is 1. The summed E-state index contributed by atoms with van der Waals surface area (Å²) in [6, 6.07) is 7.04. The van der Waals surface area contributed by atoms with E-state index in [0.29, 0.717) is 42.5 Å². The lowest BCUT2D eigenvalue weighted by Crippen LogP contribution is -2.33. The highest BCUT2D eigenvalue weighted by Crippen LogP contribution is 2.47. The van der Waals surface area contributed by atoms with Crippen molar-refractivity contribution in [2.75, 3.05) is 13.1 Å². The van der Waals surface area contributed by atoms with Gasteiger partial charge in [0.05, 0.1) is 4.90 Å². The number of nitrogens with zero attached hydrogens (tertiary/aromatic N) is 1. The molecule has 2 aliphatic carbocycles. The first-order valence-corrected chi connectivity index (χ1v) is 11.0. The van der Waals surface area contributed by atoms with Crippen molar-refractivity contribution >= 4 is 15.8 Å². The minimum atomic E-state index is -3.52. The fraction of sp³-hybridized carbons (Fsp3) is 0.571. The van der Waals surface area contributed by atoms with E-state index < -0.39 is 10.0 Å². The molecule has 0 N–H and O–H groups in total. The van der Waals surface area contributed by atoms with Crippen LogP contribution < -0.4 is 0 Å². The minimum absolute atomic E-state index is 0.127. The molecule has 3 atom stereocenters. The SMILES string of the molecule is Cc1ccc(S(=O)(=O)N2C[C@H]3/C=C4/CCC[C@H]4CC(=O)C[C@@]3(C)C2)cc1. The minimum Gasteiger partial charge on any atom is -0.300 e. The summed E-state index contributed by atoms with van der Waals surface area (Å²) < 4.78 is 27.9. The summed E-state index contributed by atoms with van der Waals surface area (Å²) in [5.41, 5.74) is 2.14. The molecule has 3 aliphatic rings. The van der Waals surface area contributed by atoms with Gasteiger partial charge in [0.2, 0.25) is 10.0 Å². The van der Waals surface area contributed by atoms with Crippen molar-refractivity contribution in [2.45, 2.75) is 50.8 Å². The maximum Gasteiger partial charge on any atom is 0.243 e. The van der Waals surface area contributed by atoms with Crippen molar-refractivity contribution in [3.05, 3.63) is 41.5 Å². The molecular formula is C21H27NO3S. The number of hydrogen-bond acceptors (Lipinski definition) is 3. The average Bonchev–Trinajstić information content (AvgIpc) is 3.12. The molecule has 140 valence electrons. The number of carbonyl (C=O) groups excluding carboxylic acids is 1. The molecule has 0 spiro atoms. The number of carbonyl (C=O) groups is 1. The zero-order valence-electron chi connectivity index (χ0n) is 15.6. The Morgan fingerprint density at radius 1 is 1.19 bits per heavy atom. The summed E-state index contributed by atoms with van der Waals surface area (Å²) in [7, 11) is -3.52. The van der Waals surface area contributed by atoms with E-state index >= 15 is 0 Å². The van der Waals surface area contributed by atoms with E-state index in [1.54, 1.807) is 16.4 Å². The lowest BCUT2D eigenvalue weighted by Gasteiger charge is -2.31. The second kappa shape index (κ2) is 6.31. The number of rotatable bonds is 2. The third-order valence-electron chi connectivity index (χ3n) is 6.52. The van der Waals surface area contributed by atoms with Crippen LogP contribution >= 0.6 is 0 Å². The Labute approximate surface area is 156 Å². The molecule has 4 nitrogen and oxygen atoms in total. The topological polar surface area (TPSA) is 54.5 Å². The number of aryl methyl sites for hydroxylation is 1. The Bertz CT molecular complexity index is 856. The first-order chi connectivity index (χ1) is 12.3. The second-order valence-corrected chi connectivity index (χ2v) is 10.6. The summed E-state index contributed by atoms with van der Waals surface area (Å²) in [6.07, 6.45) is 6.77. The third-order valence-corrected chi connectivity index (χ3v) is 8.35. The fourth-order valence-electron chi connectivity index (χ4n) is 4.96. The first-order valence-electron chi connectivity index (χ1n) is 9.57. The van der Waals surface area contributed by atoms with Gasteiger partial charge < -0.3 is 0 Å². The quantitative estimate of drug-likeness (QED) is 0.743. The standard InChI is InChI=1S/C21H27NO3S/c1-15-6-8-20(9-7-15)26(24,25)22-13-18-10-16-4-3-5-17(16)11-19(23)12-21(18,2)14-22/h6-10,17-18H,3-5,11-14H2,1-2H3/b16-10-/t17-,18+,21-/m0/s1. The number of sulfonamides is 1. The molecular weight excluding hydrogens is 346 g/mol. The normalized spacial score (nSPS) is 34.5. The van der Waals surface area contributed by atoms with Crippen LogP contribution in [0.1, 0.15) is 44.6 Å². The molecule has 0 amide bonds. The van der Waals surface area contributed by atoms with Crippen molar-refractivity contribution in [2.24, 2.45) is 17.3 Å². The van der Waals surface area contributed by atoms with Crippen molar-refractivity contribution in [1.29, 1.82) is 0 Å². The zero-order chi connectivity index (χ0) is 18.5. The van der Waals surface area contributed by atoms with Crippen LogP contribution in [0.3, 0.4) is 0 Å². The van der Waals surface area contributed by atoms with Crippen molar-refractivity contribution in [3.8, 4) is 0 Å². The highest BCUT2D eigenvalue weighted by Gasteiger charge is 2.48. The van der Waals surface area contributed by atoms with Gasteiger partial charge in [-0.2, -0.15) is 4.31 Å². The van der Waals surface area contributed by atoms with Crippen LogP contribution in [-0.4, -0.2) is 31.6 Å². The van der Waals surface area contributed by atoms with Crippen molar-refractivity contribution < 1.29 is 13.2 Å². The molecule has 26 heavy (non-hydrogen) atoms. The largest absolute Gasteiger partial charge is 0.300 e. The van der Waals surface area contributed by atoms with Gasteiger partial charge in [-0.15, -0.1) is 0 Å². The van der Waals surface area contributed by atoms with Crippen LogP contribution in [0.5, 0.6) is 0 Å². The van der Waals surface area contributed by atoms with Gasteiger partial charge in [0.25, 0.3) is 0 Å². The van der Waals surface area contributed by atoms with E-state index in [0.717, 1.165) is 24.8 Å². The van der Waals surface area contributed by atoms with Gasteiger partial charge in [-0.3, -0.25) is 4.79 Å². The maximum atomic E-state index is 13.1. The second-order valence-electron chi connectivity index (χ2n) is 8.62. The van der Waals surface area contributed by atoms with Crippen LogP contribution in [0.4, 0.5) is 0 Å². The molecule has 0 unspecified atom stereocenters. The molecule has 0 bridgehead atoms.